The molecule has 1 aliphatic rings. The minimum Gasteiger partial charge on any atom is -0.494 e. The van der Waals surface area contributed by atoms with Gasteiger partial charge in [-0.2, -0.15) is 0 Å². The summed E-state index contributed by atoms with van der Waals surface area (Å²) in [6.07, 6.45) is 6.82. The molecule has 212 valence electrons. The summed E-state index contributed by atoms with van der Waals surface area (Å²) in [7, 11) is 4.47. The number of ketones is 1. The average Bonchev–Trinajstić information content (AvgIpc) is 2.93. The Balaban J connectivity index is 1.69. The number of carbonyl (C=O) groups excluding carboxylic acids is 2. The van der Waals surface area contributed by atoms with Gasteiger partial charge in [-0.05, 0) is 54.2 Å². The molecule has 3 N–H and O–H groups in total. The summed E-state index contributed by atoms with van der Waals surface area (Å²) in [6.45, 7) is 0. The maximum atomic E-state index is 13.8. The molecule has 1 saturated carbocycles. The van der Waals surface area contributed by atoms with Gasteiger partial charge in [0.1, 0.15) is 6.04 Å². The number of nitrogens with zero attached hydrogens (tertiary/aromatic N) is 1. The lowest BCUT2D eigenvalue weighted by Crippen LogP contribution is -2.40. The first-order chi connectivity index (χ1) is 18.7. The van der Waals surface area contributed by atoms with Crippen LogP contribution < -0.4 is 25.3 Å². The van der Waals surface area contributed by atoms with E-state index >= 15 is 0 Å². The largest absolute Gasteiger partial charge is 0.494 e. The number of rotatable bonds is 12. The molecule has 0 bridgehead atoms. The molecule has 0 heterocycles. The van der Waals surface area contributed by atoms with Gasteiger partial charge in [0.05, 0.1) is 27.8 Å². The quantitative estimate of drug-likeness (QED) is 0.256. The SMILES string of the molecule is COc1cc(CCC(=O)[C@@H](CC2CCCCC2)N=C(N)NC(=O)Cc2cc(OC)c(OC)cc2Br)ccc1F. The maximum absolute atomic E-state index is 13.8. The zero-order valence-corrected chi connectivity index (χ0v) is 24.3. The molecule has 0 aliphatic heterocycles. The molecule has 1 amide bonds. The van der Waals surface area contributed by atoms with Crippen molar-refractivity contribution in [2.75, 3.05) is 21.3 Å². The molecular formula is C29H37BrFN3O5. The molecule has 39 heavy (non-hydrogen) atoms. The van der Waals surface area contributed by atoms with Gasteiger partial charge in [-0.1, -0.05) is 54.1 Å². The fraction of sp³-hybridized carbons (Fsp3) is 0.483. The van der Waals surface area contributed by atoms with E-state index in [1.807, 2.05) is 0 Å². The molecule has 0 radical (unpaired) electrons. The number of carbonyl (C=O) groups is 2. The summed E-state index contributed by atoms with van der Waals surface area (Å²) in [6, 6.07) is 7.36. The normalized spacial score (nSPS) is 14.9. The summed E-state index contributed by atoms with van der Waals surface area (Å²) < 4.78 is 30.1. The Hall–Kier alpha value is -3.14. The van der Waals surface area contributed by atoms with Crippen molar-refractivity contribution in [2.45, 2.75) is 63.8 Å². The summed E-state index contributed by atoms with van der Waals surface area (Å²) in [5.41, 5.74) is 7.60. The maximum Gasteiger partial charge on any atom is 0.231 e. The number of methoxy groups -OCH3 is 3. The Morgan fingerprint density at radius 3 is 2.38 bits per heavy atom. The van der Waals surface area contributed by atoms with Crippen LogP contribution in [-0.4, -0.2) is 45.0 Å². The average molecular weight is 607 g/mol. The summed E-state index contributed by atoms with van der Waals surface area (Å²) >= 11 is 3.46. The minimum atomic E-state index is -0.663. The van der Waals surface area contributed by atoms with Gasteiger partial charge in [0.15, 0.2) is 34.8 Å². The van der Waals surface area contributed by atoms with Crippen molar-refractivity contribution < 1.29 is 28.2 Å². The number of guanidine groups is 1. The fourth-order valence-corrected chi connectivity index (χ4v) is 5.34. The van der Waals surface area contributed by atoms with Crippen molar-refractivity contribution in [3.63, 3.8) is 0 Å². The summed E-state index contributed by atoms with van der Waals surface area (Å²) in [5, 5.41) is 2.62. The van der Waals surface area contributed by atoms with E-state index in [1.54, 1.807) is 24.3 Å². The minimum absolute atomic E-state index is 0.0186. The van der Waals surface area contributed by atoms with Gasteiger partial charge in [0.2, 0.25) is 5.91 Å². The van der Waals surface area contributed by atoms with E-state index in [-0.39, 0.29) is 36.2 Å². The molecule has 10 heteroatoms. The number of nitrogens with two attached hydrogens (primary N) is 1. The molecule has 2 aromatic rings. The smallest absolute Gasteiger partial charge is 0.231 e. The van der Waals surface area contributed by atoms with E-state index in [2.05, 4.69) is 26.2 Å². The number of nitrogens with one attached hydrogen (secondary N) is 1. The van der Waals surface area contributed by atoms with Crippen molar-refractivity contribution in [1.82, 2.24) is 5.32 Å². The molecule has 0 unspecified atom stereocenters. The zero-order chi connectivity index (χ0) is 28.4. The zero-order valence-electron chi connectivity index (χ0n) is 22.7. The predicted octanol–water partition coefficient (Wildman–Crippen LogP) is 5.13. The van der Waals surface area contributed by atoms with E-state index in [0.29, 0.717) is 40.3 Å². The first kappa shape index (κ1) is 30.4. The molecule has 1 fully saturated rings. The number of hydrogen-bond donors (Lipinski definition) is 2. The number of aliphatic imine (C=N–C) groups is 1. The van der Waals surface area contributed by atoms with E-state index in [0.717, 1.165) is 31.2 Å². The van der Waals surface area contributed by atoms with E-state index in [4.69, 9.17) is 19.9 Å². The van der Waals surface area contributed by atoms with Crippen LogP contribution in [0.5, 0.6) is 17.2 Å². The summed E-state index contributed by atoms with van der Waals surface area (Å²) in [5.74, 6) is 0.596. The first-order valence-electron chi connectivity index (χ1n) is 13.1. The molecule has 2 aromatic carbocycles. The van der Waals surface area contributed by atoms with Gasteiger partial charge in [-0.25, -0.2) is 9.38 Å². The van der Waals surface area contributed by atoms with E-state index in [9.17, 15) is 14.0 Å². The molecule has 0 saturated heterocycles. The van der Waals surface area contributed by atoms with Crippen LogP contribution in [0.4, 0.5) is 4.39 Å². The number of ether oxygens (including phenoxy) is 3. The number of amides is 1. The second-order valence-corrected chi connectivity index (χ2v) is 10.6. The van der Waals surface area contributed by atoms with Crippen LogP contribution >= 0.6 is 15.9 Å². The standard InChI is InChI=1S/C29H37BrFN3O5/c1-37-25-14-19(9-11-22(25)31)10-12-24(35)23(13-18-7-5-4-6-8-18)33-29(32)34-28(36)16-20-15-26(38-2)27(39-3)17-21(20)30/h9,11,14-15,17-18,23H,4-8,10,12-13,16H2,1-3H3,(H3,32,33,34,36)/t23-/m1/s1. The van der Waals surface area contributed by atoms with Crippen molar-refractivity contribution in [1.29, 1.82) is 0 Å². The Morgan fingerprint density at radius 2 is 1.72 bits per heavy atom. The van der Waals surface area contributed by atoms with Crippen LogP contribution in [0.2, 0.25) is 0 Å². The monoisotopic (exact) mass is 605 g/mol. The van der Waals surface area contributed by atoms with Crippen molar-refractivity contribution in [2.24, 2.45) is 16.6 Å². The Kier molecular flexibility index (Phi) is 11.6. The molecule has 3 rings (SSSR count). The van der Waals surface area contributed by atoms with Gasteiger partial charge < -0.3 is 19.9 Å². The number of benzene rings is 2. The van der Waals surface area contributed by atoms with Gasteiger partial charge >= 0.3 is 0 Å². The van der Waals surface area contributed by atoms with Gasteiger partial charge in [0, 0.05) is 10.9 Å². The van der Waals surface area contributed by atoms with E-state index < -0.39 is 11.9 Å². The summed E-state index contributed by atoms with van der Waals surface area (Å²) in [4.78, 5) is 30.5. The second kappa shape index (κ2) is 14.9. The van der Waals surface area contributed by atoms with Crippen LogP contribution in [0.25, 0.3) is 0 Å². The van der Waals surface area contributed by atoms with Gasteiger partial charge in [0.25, 0.3) is 0 Å². The van der Waals surface area contributed by atoms with Crippen LogP contribution in [0.3, 0.4) is 0 Å². The predicted molar refractivity (Wildman–Crippen MR) is 152 cm³/mol. The van der Waals surface area contributed by atoms with E-state index in [1.165, 1.54) is 33.8 Å². The van der Waals surface area contributed by atoms with Crippen LogP contribution in [0, 0.1) is 11.7 Å². The Bertz CT molecular complexity index is 1180. The lowest BCUT2D eigenvalue weighted by molar-refractivity contribution is -0.121. The highest BCUT2D eigenvalue weighted by atomic mass is 79.9. The van der Waals surface area contributed by atoms with Crippen LogP contribution in [-0.2, 0) is 22.4 Å². The first-order valence-corrected chi connectivity index (χ1v) is 13.9. The number of halogens is 2. The topological polar surface area (TPSA) is 112 Å². The lowest BCUT2D eigenvalue weighted by Gasteiger charge is -2.24. The Morgan fingerprint density at radius 1 is 1.05 bits per heavy atom. The molecule has 0 aromatic heterocycles. The Labute approximate surface area is 237 Å². The molecule has 1 aliphatic carbocycles. The molecule has 1 atom stereocenters. The van der Waals surface area contributed by atoms with Crippen molar-refractivity contribution in [3.05, 3.63) is 51.7 Å². The number of aryl methyl sites for hydroxylation is 1. The van der Waals surface area contributed by atoms with Gasteiger partial charge in [-0.15, -0.1) is 0 Å². The highest BCUT2D eigenvalue weighted by Crippen LogP contribution is 2.33. The molecule has 0 spiro atoms. The van der Waals surface area contributed by atoms with Gasteiger partial charge in [-0.3, -0.25) is 14.9 Å². The number of hydrogen-bond acceptors (Lipinski definition) is 6. The third-order valence-corrected chi connectivity index (χ3v) is 7.73. The number of Topliss-reactive ketones (excluding diaryl/α,β-unsaturated/α-hetero) is 1. The second-order valence-electron chi connectivity index (χ2n) is 9.73. The highest BCUT2D eigenvalue weighted by Gasteiger charge is 2.25. The third kappa shape index (κ3) is 8.95. The highest BCUT2D eigenvalue weighted by molar-refractivity contribution is 9.10. The molecule has 8 nitrogen and oxygen atoms in total. The third-order valence-electron chi connectivity index (χ3n) is 6.99. The fourth-order valence-electron chi connectivity index (χ4n) is 4.88. The molecular weight excluding hydrogens is 569 g/mol. The van der Waals surface area contributed by atoms with Crippen LogP contribution in [0.1, 0.15) is 56.1 Å². The van der Waals surface area contributed by atoms with Crippen molar-refractivity contribution in [3.8, 4) is 17.2 Å². The lowest BCUT2D eigenvalue weighted by atomic mass is 9.83. The van der Waals surface area contributed by atoms with Crippen LogP contribution in [0.15, 0.2) is 39.8 Å². The van der Waals surface area contributed by atoms with Crippen molar-refractivity contribution >= 4 is 33.6 Å².